The van der Waals surface area contributed by atoms with E-state index in [2.05, 4.69) is 10.6 Å². The highest BCUT2D eigenvalue weighted by atomic mass is 19.1. The van der Waals surface area contributed by atoms with Gasteiger partial charge in [0.05, 0.1) is 23.4 Å². The van der Waals surface area contributed by atoms with Crippen molar-refractivity contribution in [2.75, 3.05) is 19.7 Å². The minimum atomic E-state index is -1.17. The number of likely N-dealkylation sites (tertiary alicyclic amines) is 1. The maximum absolute atomic E-state index is 14.8. The molecule has 182 valence electrons. The van der Waals surface area contributed by atoms with Crippen LogP contribution in [0.1, 0.15) is 35.6 Å². The van der Waals surface area contributed by atoms with Crippen LogP contribution in [0.3, 0.4) is 0 Å². The lowest BCUT2D eigenvalue weighted by Crippen LogP contribution is -2.50. The molecule has 1 saturated heterocycles. The van der Waals surface area contributed by atoms with Crippen LogP contribution in [0, 0.1) is 18.6 Å². The molecular formula is C26H26F2N4O3. The normalized spacial score (nSPS) is 20.8. The van der Waals surface area contributed by atoms with Gasteiger partial charge in [0.25, 0.3) is 0 Å². The molecule has 5 rings (SSSR count). The molecule has 2 heterocycles. The van der Waals surface area contributed by atoms with Crippen molar-refractivity contribution in [3.05, 3.63) is 77.0 Å². The Bertz CT molecular complexity index is 1290. The predicted octanol–water partition coefficient (Wildman–Crippen LogP) is 3.10. The van der Waals surface area contributed by atoms with Crippen molar-refractivity contribution in [1.29, 1.82) is 0 Å². The van der Waals surface area contributed by atoms with Crippen molar-refractivity contribution in [1.82, 2.24) is 20.5 Å². The summed E-state index contributed by atoms with van der Waals surface area (Å²) >= 11 is 0. The molecule has 1 aliphatic carbocycles. The number of carbonyl (C=O) groups is 2. The van der Waals surface area contributed by atoms with Gasteiger partial charge in [0.1, 0.15) is 17.7 Å². The number of amides is 3. The summed E-state index contributed by atoms with van der Waals surface area (Å²) in [4.78, 5) is 32.1. The van der Waals surface area contributed by atoms with Crippen LogP contribution in [0.25, 0.3) is 10.9 Å². The van der Waals surface area contributed by atoms with E-state index < -0.39 is 41.1 Å². The highest BCUT2D eigenvalue weighted by Crippen LogP contribution is 2.45. The number of carbonyl (C=O) groups excluding carboxylic acids is 2. The van der Waals surface area contributed by atoms with Crippen LogP contribution in [-0.2, 0) is 10.3 Å². The molecule has 0 bridgehead atoms. The van der Waals surface area contributed by atoms with Gasteiger partial charge in [0.2, 0.25) is 5.91 Å². The first-order valence-corrected chi connectivity index (χ1v) is 11.6. The summed E-state index contributed by atoms with van der Waals surface area (Å²) in [5.74, 6) is -2.96. The lowest BCUT2D eigenvalue weighted by atomic mass is 9.92. The average molecular weight is 481 g/mol. The van der Waals surface area contributed by atoms with Crippen molar-refractivity contribution in [2.24, 2.45) is 0 Å². The molecule has 2 atom stereocenters. The van der Waals surface area contributed by atoms with Gasteiger partial charge in [-0.3, -0.25) is 9.78 Å². The van der Waals surface area contributed by atoms with Gasteiger partial charge in [0.15, 0.2) is 0 Å². The van der Waals surface area contributed by atoms with E-state index >= 15 is 0 Å². The van der Waals surface area contributed by atoms with E-state index in [1.54, 1.807) is 6.92 Å². The van der Waals surface area contributed by atoms with E-state index in [-0.39, 0.29) is 25.3 Å². The predicted molar refractivity (Wildman–Crippen MR) is 126 cm³/mol. The summed E-state index contributed by atoms with van der Waals surface area (Å²) in [6, 6.07) is 12.1. The fourth-order valence-electron chi connectivity index (χ4n) is 4.91. The Morgan fingerprint density at radius 2 is 1.89 bits per heavy atom. The van der Waals surface area contributed by atoms with Crippen molar-refractivity contribution >= 4 is 22.8 Å². The van der Waals surface area contributed by atoms with E-state index in [0.29, 0.717) is 18.4 Å². The van der Waals surface area contributed by atoms with Gasteiger partial charge in [-0.15, -0.1) is 0 Å². The van der Waals surface area contributed by atoms with Crippen molar-refractivity contribution in [3.8, 4) is 0 Å². The first-order chi connectivity index (χ1) is 16.8. The molecular weight excluding hydrogens is 454 g/mol. The number of aliphatic hydroxyl groups excluding tert-OH is 1. The number of hydrogen-bond donors (Lipinski definition) is 3. The number of urea groups is 1. The molecule has 2 aliphatic rings. The summed E-state index contributed by atoms with van der Waals surface area (Å²) in [7, 11) is 0. The second-order valence-corrected chi connectivity index (χ2v) is 9.30. The lowest BCUT2D eigenvalue weighted by molar-refractivity contribution is -0.129. The number of nitrogens with one attached hydrogen (secondary N) is 2. The third kappa shape index (κ3) is 4.32. The zero-order valence-corrected chi connectivity index (χ0v) is 19.2. The first kappa shape index (κ1) is 23.2. The Hall–Kier alpha value is -3.59. The number of pyridine rings is 1. The summed E-state index contributed by atoms with van der Waals surface area (Å²) in [5, 5.41) is 15.9. The van der Waals surface area contributed by atoms with E-state index in [1.807, 2.05) is 36.4 Å². The Morgan fingerprint density at radius 1 is 1.17 bits per heavy atom. The number of fused-ring (bicyclic) bond motifs is 1. The Balaban J connectivity index is 1.38. The number of para-hydroxylation sites is 1. The van der Waals surface area contributed by atoms with Crippen LogP contribution in [0.5, 0.6) is 0 Å². The minimum absolute atomic E-state index is 0.00911. The average Bonchev–Trinajstić information content (AvgIpc) is 3.54. The summed E-state index contributed by atoms with van der Waals surface area (Å²) in [5.41, 5.74) is 1.05. The molecule has 2 aromatic carbocycles. The smallest absolute Gasteiger partial charge is 0.316 e. The Morgan fingerprint density at radius 3 is 2.57 bits per heavy atom. The quantitative estimate of drug-likeness (QED) is 0.505. The molecule has 35 heavy (non-hydrogen) atoms. The molecule has 0 radical (unpaired) electrons. The molecule has 2 fully saturated rings. The van der Waals surface area contributed by atoms with E-state index in [1.165, 1.54) is 17.0 Å². The van der Waals surface area contributed by atoms with Gasteiger partial charge in [-0.1, -0.05) is 24.3 Å². The maximum Gasteiger partial charge on any atom is 0.316 e. The highest BCUT2D eigenvalue weighted by Gasteiger charge is 2.49. The third-order valence-corrected chi connectivity index (χ3v) is 6.84. The highest BCUT2D eigenvalue weighted by molar-refractivity contribution is 5.90. The summed E-state index contributed by atoms with van der Waals surface area (Å²) in [6.45, 7) is 1.27. The number of nitrogens with zero attached hydrogens (tertiary/aromatic N) is 2. The number of aliphatic hydroxyl groups is 1. The second kappa shape index (κ2) is 8.88. The van der Waals surface area contributed by atoms with Crippen molar-refractivity contribution in [3.63, 3.8) is 0 Å². The standard InChI is InChI=1S/C26H26F2N4O3/c1-15-12-18(27)22(19(28)13-15)17-14-32(10-11-33)24(34)23(17)30-25(35)31-26(8-9-26)21-7-6-16-4-2-3-5-20(16)29-21/h2-7,12-13,17,23,33H,8-11,14H2,1H3,(H2,30,31,35)/t17-,23-/m0/s1. The third-order valence-electron chi connectivity index (χ3n) is 6.84. The summed E-state index contributed by atoms with van der Waals surface area (Å²) < 4.78 is 29.6. The first-order valence-electron chi connectivity index (χ1n) is 11.6. The molecule has 1 aliphatic heterocycles. The van der Waals surface area contributed by atoms with Crippen LogP contribution < -0.4 is 10.6 Å². The van der Waals surface area contributed by atoms with Crippen molar-refractivity contribution < 1.29 is 23.5 Å². The topological polar surface area (TPSA) is 94.6 Å². The molecule has 3 amide bonds. The van der Waals surface area contributed by atoms with Crippen LogP contribution >= 0.6 is 0 Å². The Kier molecular flexibility index (Phi) is 5.88. The SMILES string of the molecule is Cc1cc(F)c([C@@H]2CN(CCO)C(=O)[C@H]2NC(=O)NC2(c3ccc4ccccc4n3)CC2)c(F)c1. The van der Waals surface area contributed by atoms with Gasteiger partial charge >= 0.3 is 6.03 Å². The van der Waals surface area contributed by atoms with Gasteiger partial charge in [-0.2, -0.15) is 0 Å². The number of hydrogen-bond acceptors (Lipinski definition) is 4. The van der Waals surface area contributed by atoms with Gasteiger partial charge in [-0.25, -0.2) is 13.6 Å². The number of aromatic nitrogens is 1. The fourth-order valence-corrected chi connectivity index (χ4v) is 4.91. The van der Waals surface area contributed by atoms with Crippen molar-refractivity contribution in [2.45, 2.75) is 37.3 Å². The molecule has 1 saturated carbocycles. The zero-order valence-electron chi connectivity index (χ0n) is 19.2. The molecule has 1 aromatic heterocycles. The molecule has 3 N–H and O–H groups in total. The number of halogens is 2. The monoisotopic (exact) mass is 480 g/mol. The minimum Gasteiger partial charge on any atom is -0.395 e. The number of aryl methyl sites for hydroxylation is 1. The molecule has 0 unspecified atom stereocenters. The largest absolute Gasteiger partial charge is 0.395 e. The number of benzene rings is 2. The van der Waals surface area contributed by atoms with Gasteiger partial charge in [-0.05, 0) is 49.6 Å². The van der Waals surface area contributed by atoms with Crippen LogP contribution in [0.15, 0.2) is 48.5 Å². The second-order valence-electron chi connectivity index (χ2n) is 9.30. The zero-order chi connectivity index (χ0) is 24.7. The van der Waals surface area contributed by atoms with Crippen LogP contribution in [0.2, 0.25) is 0 Å². The van der Waals surface area contributed by atoms with Gasteiger partial charge in [0, 0.05) is 30.0 Å². The number of rotatable bonds is 6. The lowest BCUT2D eigenvalue weighted by Gasteiger charge is -2.23. The molecule has 3 aromatic rings. The fraction of sp³-hybridized carbons (Fsp3) is 0.346. The van der Waals surface area contributed by atoms with Gasteiger partial charge < -0.3 is 20.6 Å². The Labute approximate surface area is 201 Å². The van der Waals surface area contributed by atoms with E-state index in [0.717, 1.165) is 16.6 Å². The number of β-amino-alcohol motifs (C(OH)–C–C–N with tert-alkyl or cyclic N) is 1. The molecule has 9 heteroatoms. The van der Waals surface area contributed by atoms with Crippen LogP contribution in [-0.4, -0.2) is 52.7 Å². The van der Waals surface area contributed by atoms with E-state index in [9.17, 15) is 23.5 Å². The summed E-state index contributed by atoms with van der Waals surface area (Å²) in [6.07, 6.45) is 1.37. The van der Waals surface area contributed by atoms with E-state index in [4.69, 9.17) is 4.98 Å². The molecule has 7 nitrogen and oxygen atoms in total. The maximum atomic E-state index is 14.8. The van der Waals surface area contributed by atoms with Crippen LogP contribution in [0.4, 0.5) is 13.6 Å². The molecule has 0 spiro atoms.